The van der Waals surface area contributed by atoms with Gasteiger partial charge in [-0.2, -0.15) is 0 Å². The molecule has 0 spiro atoms. The zero-order valence-corrected chi connectivity index (χ0v) is 13.5. The molecule has 1 rings (SSSR count). The van der Waals surface area contributed by atoms with Crippen LogP contribution in [0.2, 0.25) is 0 Å². The van der Waals surface area contributed by atoms with Crippen molar-refractivity contribution in [2.24, 2.45) is 0 Å². The van der Waals surface area contributed by atoms with E-state index in [0.29, 0.717) is 5.69 Å². The number of nitrogens with zero attached hydrogens (tertiary/aromatic N) is 1. The summed E-state index contributed by atoms with van der Waals surface area (Å²) in [4.78, 5) is 3.79. The molecular formula is C8H10NNaO6S2. The topological polar surface area (TPSA) is 113 Å². The van der Waals surface area contributed by atoms with E-state index in [4.69, 9.17) is 0 Å². The molecule has 0 aliphatic rings. The van der Waals surface area contributed by atoms with Crippen molar-refractivity contribution in [2.75, 3.05) is 12.4 Å². The summed E-state index contributed by atoms with van der Waals surface area (Å²) in [7, 11) is -8.62. The van der Waals surface area contributed by atoms with Gasteiger partial charge in [0.25, 0.3) is 0 Å². The van der Waals surface area contributed by atoms with Crippen LogP contribution in [0, 0.1) is 6.92 Å². The molecule has 10 heteroatoms. The van der Waals surface area contributed by atoms with Crippen LogP contribution in [0.5, 0.6) is 0 Å². The Balaban J connectivity index is 0.00000289. The van der Waals surface area contributed by atoms with Gasteiger partial charge >= 0.3 is 29.6 Å². The van der Waals surface area contributed by atoms with E-state index in [1.165, 1.54) is 12.1 Å². The maximum Gasteiger partial charge on any atom is 1.00 e. The molecule has 0 aromatic carbocycles. The van der Waals surface area contributed by atoms with Crippen LogP contribution in [-0.4, -0.2) is 38.7 Å². The van der Waals surface area contributed by atoms with Crippen LogP contribution < -0.4 is 29.6 Å². The minimum absolute atomic E-state index is 0. The van der Waals surface area contributed by atoms with Crippen molar-refractivity contribution in [3.05, 3.63) is 23.9 Å². The fraction of sp³-hybridized carbons (Fsp3) is 0.375. The summed E-state index contributed by atoms with van der Waals surface area (Å²) in [6.07, 6.45) is 0. The first-order valence-electron chi connectivity index (χ1n) is 4.47. The molecule has 0 atom stereocenters. The molecular weight excluding hydrogens is 293 g/mol. The standard InChI is InChI=1S/C8H11NO6S2.Na/c1-7-3-2-4-8(9-7)16(10,11)6-5-15-17(12,13)14;/h2-4H,5-6H2,1H3,(H,12,13,14);/q;+1/p-1. The maximum atomic E-state index is 11.6. The summed E-state index contributed by atoms with van der Waals surface area (Å²) in [5.41, 5.74) is 0.517. The monoisotopic (exact) mass is 303 g/mol. The largest absolute Gasteiger partial charge is 1.00 e. The van der Waals surface area contributed by atoms with Crippen molar-refractivity contribution >= 4 is 20.2 Å². The Morgan fingerprint density at radius 1 is 1.28 bits per heavy atom. The van der Waals surface area contributed by atoms with Crippen LogP contribution in [0.4, 0.5) is 0 Å². The molecule has 1 aromatic rings. The second-order valence-electron chi connectivity index (χ2n) is 3.17. The van der Waals surface area contributed by atoms with Crippen LogP contribution >= 0.6 is 0 Å². The Morgan fingerprint density at radius 2 is 1.89 bits per heavy atom. The summed E-state index contributed by atoms with van der Waals surface area (Å²) in [6.45, 7) is 0.904. The first-order chi connectivity index (χ1) is 7.71. The first kappa shape index (κ1) is 18.0. The van der Waals surface area contributed by atoms with E-state index in [1.807, 2.05) is 0 Å². The third-order valence-corrected chi connectivity index (χ3v) is 3.79. The molecule has 0 unspecified atom stereocenters. The summed E-state index contributed by atoms with van der Waals surface area (Å²) in [5.74, 6) is -0.620. The Kier molecular flexibility index (Phi) is 6.93. The molecule has 0 aliphatic carbocycles. The molecule has 0 aliphatic heterocycles. The van der Waals surface area contributed by atoms with Gasteiger partial charge < -0.3 is 4.55 Å². The van der Waals surface area contributed by atoms with Crippen molar-refractivity contribution in [3.63, 3.8) is 0 Å². The zero-order chi connectivity index (χ0) is 13.1. The van der Waals surface area contributed by atoms with E-state index in [9.17, 15) is 21.4 Å². The number of hydrogen-bond acceptors (Lipinski definition) is 7. The van der Waals surface area contributed by atoms with E-state index in [0.717, 1.165) is 0 Å². The molecule has 0 saturated heterocycles. The van der Waals surface area contributed by atoms with Crippen LogP contribution in [0.25, 0.3) is 0 Å². The van der Waals surface area contributed by atoms with E-state index in [1.54, 1.807) is 13.0 Å². The number of rotatable bonds is 5. The van der Waals surface area contributed by atoms with Gasteiger partial charge in [-0.15, -0.1) is 0 Å². The van der Waals surface area contributed by atoms with Crippen LogP contribution in [0.3, 0.4) is 0 Å². The quantitative estimate of drug-likeness (QED) is 0.317. The Morgan fingerprint density at radius 3 is 2.39 bits per heavy atom. The third-order valence-electron chi connectivity index (χ3n) is 1.76. The van der Waals surface area contributed by atoms with E-state index >= 15 is 0 Å². The average molecular weight is 303 g/mol. The van der Waals surface area contributed by atoms with E-state index < -0.39 is 32.6 Å². The molecule has 0 radical (unpaired) electrons. The molecule has 0 bridgehead atoms. The van der Waals surface area contributed by atoms with Gasteiger partial charge in [-0.25, -0.2) is 21.8 Å². The van der Waals surface area contributed by atoms with E-state index in [2.05, 4.69) is 9.17 Å². The van der Waals surface area contributed by atoms with Crippen molar-refractivity contribution in [1.29, 1.82) is 0 Å². The van der Waals surface area contributed by atoms with Crippen LogP contribution in [0.15, 0.2) is 23.2 Å². The predicted octanol–water partition coefficient (Wildman–Crippen LogP) is -3.36. The molecule has 96 valence electrons. The number of pyridine rings is 1. The number of aryl methyl sites for hydroxylation is 1. The molecule has 0 saturated carbocycles. The predicted molar refractivity (Wildman–Crippen MR) is 56.7 cm³/mol. The normalized spacial score (nSPS) is 11.9. The molecule has 0 amide bonds. The van der Waals surface area contributed by atoms with Gasteiger partial charge in [0.1, 0.15) is 0 Å². The summed E-state index contributed by atoms with van der Waals surface area (Å²) >= 11 is 0. The number of aromatic nitrogens is 1. The molecule has 0 fully saturated rings. The summed E-state index contributed by atoms with van der Waals surface area (Å²) in [6, 6.07) is 4.42. The van der Waals surface area contributed by atoms with Crippen molar-refractivity contribution < 1.29 is 55.1 Å². The van der Waals surface area contributed by atoms with Gasteiger partial charge in [-0.3, -0.25) is 4.18 Å². The average Bonchev–Trinajstić information content (AvgIpc) is 2.15. The molecule has 1 heterocycles. The van der Waals surface area contributed by atoms with Crippen LogP contribution in [-0.2, 0) is 24.4 Å². The van der Waals surface area contributed by atoms with Gasteiger partial charge in [0.2, 0.25) is 10.4 Å². The number of hydrogen-bond donors (Lipinski definition) is 0. The first-order valence-corrected chi connectivity index (χ1v) is 7.46. The third kappa shape index (κ3) is 6.23. The fourth-order valence-electron chi connectivity index (χ4n) is 1.04. The van der Waals surface area contributed by atoms with Gasteiger partial charge in [0.15, 0.2) is 14.9 Å². The fourth-order valence-corrected chi connectivity index (χ4v) is 2.52. The van der Waals surface area contributed by atoms with Gasteiger partial charge in [0.05, 0.1) is 12.4 Å². The smallest absolute Gasteiger partial charge is 0.726 e. The molecule has 1 aromatic heterocycles. The molecule has 7 nitrogen and oxygen atoms in total. The van der Waals surface area contributed by atoms with Crippen LogP contribution in [0.1, 0.15) is 5.69 Å². The second kappa shape index (κ2) is 6.94. The van der Waals surface area contributed by atoms with Gasteiger partial charge in [-0.05, 0) is 19.1 Å². The zero-order valence-electron chi connectivity index (χ0n) is 9.86. The maximum absolute atomic E-state index is 11.6. The van der Waals surface area contributed by atoms with Gasteiger partial charge in [-0.1, -0.05) is 6.07 Å². The SMILES string of the molecule is Cc1cccc(S(=O)(=O)CCOS(=O)(=O)[O-])n1.[Na+]. The molecule has 0 N–H and O–H groups in total. The van der Waals surface area contributed by atoms with E-state index in [-0.39, 0.29) is 34.6 Å². The Bertz CT molecular complexity index is 598. The van der Waals surface area contributed by atoms with Crippen molar-refractivity contribution in [1.82, 2.24) is 4.98 Å². The minimum atomic E-state index is -4.87. The van der Waals surface area contributed by atoms with Gasteiger partial charge in [0, 0.05) is 5.69 Å². The Labute approximate surface area is 128 Å². The van der Waals surface area contributed by atoms with Crippen molar-refractivity contribution in [2.45, 2.75) is 11.9 Å². The summed E-state index contributed by atoms with van der Waals surface area (Å²) in [5, 5.41) is -0.176. The minimum Gasteiger partial charge on any atom is -0.726 e. The van der Waals surface area contributed by atoms with Crippen molar-refractivity contribution in [3.8, 4) is 0 Å². The Hall–Kier alpha value is -0.0300. The number of sulfone groups is 1. The summed E-state index contributed by atoms with van der Waals surface area (Å²) < 4.78 is 57.4. The second-order valence-corrected chi connectivity index (χ2v) is 6.27. The molecule has 18 heavy (non-hydrogen) atoms.